The summed E-state index contributed by atoms with van der Waals surface area (Å²) in [4.78, 5) is 0. The number of nitrogens with zero attached hydrogens (tertiary/aromatic N) is 1. The van der Waals surface area contributed by atoms with E-state index in [1.807, 2.05) is 30.3 Å². The average Bonchev–Trinajstić information content (AvgIpc) is 2.84. The summed E-state index contributed by atoms with van der Waals surface area (Å²) in [5.74, 6) is 0.897. The maximum absolute atomic E-state index is 9.14. The predicted molar refractivity (Wildman–Crippen MR) is 73.9 cm³/mol. The number of nitrogens with two attached hydrogens (primary N) is 1. The second-order valence-electron chi connectivity index (χ2n) is 4.46. The fourth-order valence-corrected chi connectivity index (χ4v) is 2.25. The lowest BCUT2D eigenvalue weighted by molar-refractivity contribution is 0.340. The zero-order valence-corrected chi connectivity index (χ0v) is 10.3. The van der Waals surface area contributed by atoms with Crippen LogP contribution in [0.15, 0.2) is 42.5 Å². The zero-order valence-electron chi connectivity index (χ0n) is 10.3. The molecule has 0 saturated carbocycles. The summed E-state index contributed by atoms with van der Waals surface area (Å²) in [6.07, 6.45) is 0. The second-order valence-corrected chi connectivity index (χ2v) is 4.46. The number of fused-ring (bicyclic) bond motifs is 1. The smallest absolute Gasteiger partial charge is 0.124 e. The highest BCUT2D eigenvalue weighted by molar-refractivity contribution is 5.64. The van der Waals surface area contributed by atoms with E-state index in [1.165, 1.54) is 0 Å². The van der Waals surface area contributed by atoms with Gasteiger partial charge in [-0.15, -0.1) is 0 Å². The number of nitriles is 1. The van der Waals surface area contributed by atoms with Crippen LogP contribution in [0, 0.1) is 11.3 Å². The molecule has 4 nitrogen and oxygen atoms in total. The van der Waals surface area contributed by atoms with Crippen LogP contribution in [0.2, 0.25) is 0 Å². The van der Waals surface area contributed by atoms with E-state index >= 15 is 0 Å². The minimum atomic E-state index is 0.0620. The van der Waals surface area contributed by atoms with E-state index in [0.717, 1.165) is 17.0 Å². The molecule has 1 aliphatic rings. The lowest BCUT2D eigenvalue weighted by Crippen LogP contribution is -2.12. The normalized spacial score (nSPS) is 16.3. The highest BCUT2D eigenvalue weighted by atomic mass is 16.5. The van der Waals surface area contributed by atoms with Crippen molar-refractivity contribution < 1.29 is 4.74 Å². The van der Waals surface area contributed by atoms with E-state index in [4.69, 9.17) is 15.7 Å². The predicted octanol–water partition coefficient (Wildman–Crippen LogP) is 2.69. The van der Waals surface area contributed by atoms with Gasteiger partial charge in [-0.2, -0.15) is 5.26 Å². The number of benzene rings is 2. The third-order valence-corrected chi connectivity index (χ3v) is 3.19. The Bertz CT molecular complexity index is 661. The molecule has 1 aliphatic heterocycles. The van der Waals surface area contributed by atoms with Crippen LogP contribution in [0.3, 0.4) is 0 Å². The monoisotopic (exact) mass is 251 g/mol. The van der Waals surface area contributed by atoms with Crippen molar-refractivity contribution in [3.63, 3.8) is 0 Å². The SMILES string of the molecule is N#Cc1cc(N)ccc1NC1COc2ccccc21. The topological polar surface area (TPSA) is 71.1 Å². The fraction of sp³-hybridized carbons (Fsp3) is 0.133. The Morgan fingerprint density at radius 2 is 2.11 bits per heavy atom. The van der Waals surface area contributed by atoms with E-state index in [2.05, 4.69) is 11.4 Å². The highest BCUT2D eigenvalue weighted by Gasteiger charge is 2.23. The Balaban J connectivity index is 1.90. The van der Waals surface area contributed by atoms with Crippen molar-refractivity contribution in [2.24, 2.45) is 0 Å². The molecule has 19 heavy (non-hydrogen) atoms. The Morgan fingerprint density at radius 1 is 1.26 bits per heavy atom. The lowest BCUT2D eigenvalue weighted by atomic mass is 10.1. The van der Waals surface area contributed by atoms with Gasteiger partial charge in [0.2, 0.25) is 0 Å². The van der Waals surface area contributed by atoms with Gasteiger partial charge in [0.05, 0.1) is 17.3 Å². The highest BCUT2D eigenvalue weighted by Crippen LogP contribution is 2.34. The molecular weight excluding hydrogens is 238 g/mol. The van der Waals surface area contributed by atoms with Crippen molar-refractivity contribution in [3.05, 3.63) is 53.6 Å². The van der Waals surface area contributed by atoms with Crippen LogP contribution in [0.1, 0.15) is 17.2 Å². The van der Waals surface area contributed by atoms with E-state index < -0.39 is 0 Å². The number of hydrogen-bond donors (Lipinski definition) is 2. The van der Waals surface area contributed by atoms with Crippen LogP contribution in [-0.2, 0) is 0 Å². The summed E-state index contributed by atoms with van der Waals surface area (Å²) < 4.78 is 5.61. The summed E-state index contributed by atoms with van der Waals surface area (Å²) in [7, 11) is 0. The number of anilines is 2. The third kappa shape index (κ3) is 2.06. The largest absolute Gasteiger partial charge is 0.491 e. The maximum atomic E-state index is 9.14. The molecule has 0 saturated heterocycles. The molecule has 3 rings (SSSR count). The first-order chi connectivity index (χ1) is 9.28. The Hall–Kier alpha value is -2.67. The summed E-state index contributed by atoms with van der Waals surface area (Å²) >= 11 is 0. The molecule has 4 heteroatoms. The molecule has 1 heterocycles. The minimum absolute atomic E-state index is 0.0620. The first-order valence-corrected chi connectivity index (χ1v) is 6.06. The van der Waals surface area contributed by atoms with Gasteiger partial charge in [0.15, 0.2) is 0 Å². The van der Waals surface area contributed by atoms with E-state index in [9.17, 15) is 0 Å². The maximum Gasteiger partial charge on any atom is 0.124 e. The molecule has 3 N–H and O–H groups in total. The van der Waals surface area contributed by atoms with Crippen molar-refractivity contribution in [3.8, 4) is 11.8 Å². The van der Waals surface area contributed by atoms with Gasteiger partial charge in [0, 0.05) is 11.3 Å². The van der Waals surface area contributed by atoms with Crippen LogP contribution in [0.25, 0.3) is 0 Å². The summed E-state index contributed by atoms with van der Waals surface area (Å²) in [6.45, 7) is 0.564. The number of nitrogen functional groups attached to an aromatic ring is 1. The van der Waals surface area contributed by atoms with Gasteiger partial charge in [-0.05, 0) is 24.3 Å². The molecule has 0 radical (unpaired) electrons. The van der Waals surface area contributed by atoms with Gasteiger partial charge < -0.3 is 15.8 Å². The van der Waals surface area contributed by atoms with E-state index in [1.54, 1.807) is 12.1 Å². The number of rotatable bonds is 2. The van der Waals surface area contributed by atoms with Gasteiger partial charge >= 0.3 is 0 Å². The van der Waals surface area contributed by atoms with Crippen molar-refractivity contribution in [2.75, 3.05) is 17.7 Å². The van der Waals surface area contributed by atoms with Crippen molar-refractivity contribution in [1.82, 2.24) is 0 Å². The van der Waals surface area contributed by atoms with Gasteiger partial charge in [-0.3, -0.25) is 0 Å². The molecule has 0 aliphatic carbocycles. The van der Waals surface area contributed by atoms with Gasteiger partial charge in [-0.25, -0.2) is 0 Å². The quantitative estimate of drug-likeness (QED) is 0.805. The lowest BCUT2D eigenvalue weighted by Gasteiger charge is -2.14. The van der Waals surface area contributed by atoms with Gasteiger partial charge in [0.1, 0.15) is 18.4 Å². The molecule has 0 fully saturated rings. The average molecular weight is 251 g/mol. The number of ether oxygens (including phenoxy) is 1. The number of para-hydroxylation sites is 1. The Labute approximate surface area is 111 Å². The van der Waals surface area contributed by atoms with Gasteiger partial charge in [0.25, 0.3) is 0 Å². The fourth-order valence-electron chi connectivity index (χ4n) is 2.25. The molecule has 1 unspecified atom stereocenters. The standard InChI is InChI=1S/C15H13N3O/c16-8-10-7-11(17)5-6-13(10)18-14-9-19-15-4-2-1-3-12(14)15/h1-7,14,18H,9,17H2. The van der Waals surface area contributed by atoms with Crippen LogP contribution in [0.4, 0.5) is 11.4 Å². The number of hydrogen-bond acceptors (Lipinski definition) is 4. The van der Waals surface area contributed by atoms with Crippen LogP contribution >= 0.6 is 0 Å². The summed E-state index contributed by atoms with van der Waals surface area (Å²) in [5, 5.41) is 12.5. The number of nitrogens with one attached hydrogen (secondary N) is 1. The first kappa shape index (κ1) is 11.4. The van der Waals surface area contributed by atoms with E-state index in [-0.39, 0.29) is 6.04 Å². The van der Waals surface area contributed by atoms with Crippen molar-refractivity contribution >= 4 is 11.4 Å². The minimum Gasteiger partial charge on any atom is -0.491 e. The Morgan fingerprint density at radius 3 is 2.95 bits per heavy atom. The molecule has 0 aromatic heterocycles. The molecule has 0 spiro atoms. The van der Waals surface area contributed by atoms with Crippen molar-refractivity contribution in [1.29, 1.82) is 5.26 Å². The van der Waals surface area contributed by atoms with Crippen molar-refractivity contribution in [2.45, 2.75) is 6.04 Å². The molecular formula is C15H13N3O. The van der Waals surface area contributed by atoms with E-state index in [0.29, 0.717) is 17.9 Å². The van der Waals surface area contributed by atoms with Crippen LogP contribution in [-0.4, -0.2) is 6.61 Å². The molecule has 94 valence electrons. The zero-order chi connectivity index (χ0) is 13.2. The molecule has 0 bridgehead atoms. The second kappa shape index (κ2) is 4.54. The Kier molecular flexibility index (Phi) is 2.73. The molecule has 2 aromatic carbocycles. The van der Waals surface area contributed by atoms with Gasteiger partial charge in [-0.1, -0.05) is 18.2 Å². The molecule has 0 amide bonds. The summed E-state index contributed by atoms with van der Waals surface area (Å²) in [5.41, 5.74) is 8.71. The first-order valence-electron chi connectivity index (χ1n) is 6.06. The third-order valence-electron chi connectivity index (χ3n) is 3.19. The van der Waals surface area contributed by atoms with Crippen LogP contribution < -0.4 is 15.8 Å². The molecule has 2 aromatic rings. The molecule has 1 atom stereocenters. The van der Waals surface area contributed by atoms with Crippen LogP contribution in [0.5, 0.6) is 5.75 Å². The summed E-state index contributed by atoms with van der Waals surface area (Å²) in [6, 6.07) is 15.4.